The summed E-state index contributed by atoms with van der Waals surface area (Å²) >= 11 is 0. The van der Waals surface area contributed by atoms with E-state index in [1.807, 2.05) is 7.05 Å². The third-order valence-electron chi connectivity index (χ3n) is 7.42. The lowest BCUT2D eigenvalue weighted by Gasteiger charge is -2.29. The van der Waals surface area contributed by atoms with Crippen LogP contribution in [-0.2, 0) is 22.6 Å². The Labute approximate surface area is 232 Å². The standard InChI is InChI=1S/C26H35F3N6O4S/c1-35-11-9-18(10-12-35)31-24(36)17-7-8-21(23(14-17)39-2)32-25-30-15-19(26(27,28)29)22(33-25)13-16-5-4-6-20(16)34-40(3,37)38/h7-8,14-16,18,20,34H,4-6,9-13H2,1-3H3,(H,31,36)(H,30,32,33)/t16-,20+/m0/s1. The van der Waals surface area contributed by atoms with Gasteiger partial charge < -0.3 is 20.3 Å². The normalized spacial score (nSPS) is 20.9. The zero-order valence-electron chi connectivity index (χ0n) is 22.7. The van der Waals surface area contributed by atoms with Gasteiger partial charge in [-0.05, 0) is 76.4 Å². The fourth-order valence-electron chi connectivity index (χ4n) is 5.31. The molecular weight excluding hydrogens is 549 g/mol. The smallest absolute Gasteiger partial charge is 0.419 e. The number of anilines is 2. The van der Waals surface area contributed by atoms with Gasteiger partial charge in [0.15, 0.2) is 0 Å². The molecule has 1 saturated carbocycles. The molecule has 2 aliphatic rings. The van der Waals surface area contributed by atoms with Crippen molar-refractivity contribution in [3.8, 4) is 5.75 Å². The lowest BCUT2D eigenvalue weighted by atomic mass is 9.96. The molecule has 0 spiro atoms. The molecule has 2 atom stereocenters. The number of aromatic nitrogens is 2. The van der Waals surface area contributed by atoms with Crippen LogP contribution < -0.4 is 20.1 Å². The van der Waals surface area contributed by atoms with Gasteiger partial charge in [0.05, 0.1) is 30.3 Å². The van der Waals surface area contributed by atoms with E-state index in [1.165, 1.54) is 7.11 Å². The summed E-state index contributed by atoms with van der Waals surface area (Å²) in [5.74, 6) is -0.346. The molecule has 1 aliphatic heterocycles. The molecule has 1 aliphatic carbocycles. The first-order chi connectivity index (χ1) is 18.8. The maximum absolute atomic E-state index is 13.8. The van der Waals surface area contributed by atoms with Crippen LogP contribution in [0, 0.1) is 5.92 Å². The molecule has 0 unspecified atom stereocenters. The van der Waals surface area contributed by atoms with Gasteiger partial charge in [-0.25, -0.2) is 23.1 Å². The second-order valence-electron chi connectivity index (χ2n) is 10.5. The Balaban J connectivity index is 1.53. The number of ether oxygens (including phenoxy) is 1. The number of piperidine rings is 1. The summed E-state index contributed by atoms with van der Waals surface area (Å²) in [5, 5.41) is 5.95. The largest absolute Gasteiger partial charge is 0.495 e. The second-order valence-corrected chi connectivity index (χ2v) is 12.3. The van der Waals surface area contributed by atoms with E-state index in [2.05, 4.69) is 30.2 Å². The zero-order chi connectivity index (χ0) is 29.1. The molecule has 4 rings (SSSR count). The van der Waals surface area contributed by atoms with E-state index in [0.29, 0.717) is 36.3 Å². The molecule has 14 heteroatoms. The van der Waals surface area contributed by atoms with E-state index in [1.54, 1.807) is 18.2 Å². The third kappa shape index (κ3) is 7.82. The number of halogens is 3. The molecule has 10 nitrogen and oxygen atoms in total. The number of likely N-dealkylation sites (tertiary alicyclic amines) is 1. The van der Waals surface area contributed by atoms with Gasteiger partial charge in [0.2, 0.25) is 16.0 Å². The number of nitrogens with zero attached hydrogens (tertiary/aromatic N) is 3. The number of carbonyl (C=O) groups is 1. The maximum atomic E-state index is 13.8. The van der Waals surface area contributed by atoms with Gasteiger partial charge in [0.1, 0.15) is 5.75 Å². The molecule has 2 aromatic rings. The molecule has 40 heavy (non-hydrogen) atoms. The fraction of sp³-hybridized carbons (Fsp3) is 0.577. The van der Waals surface area contributed by atoms with E-state index in [9.17, 15) is 26.4 Å². The van der Waals surface area contributed by atoms with Crippen molar-refractivity contribution in [2.45, 2.75) is 56.8 Å². The van der Waals surface area contributed by atoms with Crippen LogP contribution in [0.15, 0.2) is 24.4 Å². The van der Waals surface area contributed by atoms with Gasteiger partial charge in [0, 0.05) is 23.8 Å². The van der Waals surface area contributed by atoms with Crippen LogP contribution in [0.5, 0.6) is 5.75 Å². The van der Waals surface area contributed by atoms with E-state index in [-0.39, 0.29) is 35.9 Å². The first kappa shape index (κ1) is 30.0. The molecule has 1 saturated heterocycles. The molecule has 1 amide bonds. The summed E-state index contributed by atoms with van der Waals surface area (Å²) in [6, 6.07) is 4.36. The van der Waals surface area contributed by atoms with E-state index in [0.717, 1.165) is 38.4 Å². The molecule has 0 radical (unpaired) electrons. The van der Waals surface area contributed by atoms with Crippen LogP contribution in [0.4, 0.5) is 24.8 Å². The van der Waals surface area contributed by atoms with Crippen molar-refractivity contribution in [3.05, 3.63) is 41.2 Å². The van der Waals surface area contributed by atoms with E-state index < -0.39 is 27.8 Å². The Hall–Kier alpha value is -2.97. The van der Waals surface area contributed by atoms with Gasteiger partial charge in [-0.15, -0.1) is 0 Å². The highest BCUT2D eigenvalue weighted by Crippen LogP contribution is 2.36. The van der Waals surface area contributed by atoms with Crippen molar-refractivity contribution in [1.82, 2.24) is 24.9 Å². The Morgan fingerprint density at radius 2 is 1.90 bits per heavy atom. The van der Waals surface area contributed by atoms with Crippen LogP contribution in [0.1, 0.15) is 53.7 Å². The number of carbonyl (C=O) groups excluding carboxylic acids is 1. The molecule has 2 heterocycles. The number of rotatable bonds is 9. The van der Waals surface area contributed by atoms with Crippen molar-refractivity contribution in [1.29, 1.82) is 0 Å². The minimum atomic E-state index is -4.67. The average Bonchev–Trinajstić information content (AvgIpc) is 3.29. The number of hydrogen-bond donors (Lipinski definition) is 3. The number of nitrogens with one attached hydrogen (secondary N) is 3. The summed E-state index contributed by atoms with van der Waals surface area (Å²) in [7, 11) is -0.0448. The van der Waals surface area contributed by atoms with Gasteiger partial charge in [-0.2, -0.15) is 13.2 Å². The third-order valence-corrected chi connectivity index (χ3v) is 8.15. The second kappa shape index (κ2) is 12.3. The van der Waals surface area contributed by atoms with Crippen LogP contribution in [0.2, 0.25) is 0 Å². The number of sulfonamides is 1. The lowest BCUT2D eigenvalue weighted by molar-refractivity contribution is -0.138. The van der Waals surface area contributed by atoms with E-state index >= 15 is 0 Å². The topological polar surface area (TPSA) is 126 Å². The minimum absolute atomic E-state index is 0.0631. The number of amides is 1. The highest BCUT2D eigenvalue weighted by Gasteiger charge is 2.38. The molecule has 1 aromatic carbocycles. The molecule has 220 valence electrons. The number of hydrogen-bond acceptors (Lipinski definition) is 8. The Kier molecular flexibility index (Phi) is 9.20. The van der Waals surface area contributed by atoms with Gasteiger partial charge >= 0.3 is 6.18 Å². The molecular formula is C26H35F3N6O4S. The number of methoxy groups -OCH3 is 1. The van der Waals surface area contributed by atoms with Crippen LogP contribution in [0.25, 0.3) is 0 Å². The van der Waals surface area contributed by atoms with Gasteiger partial charge in [-0.1, -0.05) is 6.42 Å². The van der Waals surface area contributed by atoms with Crippen molar-refractivity contribution in [2.24, 2.45) is 5.92 Å². The summed E-state index contributed by atoms with van der Waals surface area (Å²) in [4.78, 5) is 23.1. The predicted molar refractivity (Wildman–Crippen MR) is 144 cm³/mol. The van der Waals surface area contributed by atoms with Crippen molar-refractivity contribution in [2.75, 3.05) is 38.8 Å². The van der Waals surface area contributed by atoms with Crippen LogP contribution in [0.3, 0.4) is 0 Å². The predicted octanol–water partition coefficient (Wildman–Crippen LogP) is 3.33. The van der Waals surface area contributed by atoms with Crippen molar-refractivity contribution < 1.29 is 31.1 Å². The number of alkyl halides is 3. The first-order valence-corrected chi connectivity index (χ1v) is 15.1. The fourth-order valence-corrected chi connectivity index (χ4v) is 6.17. The molecule has 1 aromatic heterocycles. The van der Waals surface area contributed by atoms with Gasteiger partial charge in [-0.3, -0.25) is 4.79 Å². The first-order valence-electron chi connectivity index (χ1n) is 13.2. The highest BCUT2D eigenvalue weighted by molar-refractivity contribution is 7.88. The minimum Gasteiger partial charge on any atom is -0.495 e. The summed E-state index contributed by atoms with van der Waals surface area (Å²) in [6.07, 6.45) is 0.568. The summed E-state index contributed by atoms with van der Waals surface area (Å²) in [6.45, 7) is 1.81. The summed E-state index contributed by atoms with van der Waals surface area (Å²) < 4.78 is 72.9. The SMILES string of the molecule is COc1cc(C(=O)NC2CCN(C)CC2)ccc1Nc1ncc(C(F)(F)F)c(C[C@@H]2CCC[C@H]2NS(C)(=O)=O)n1. The van der Waals surface area contributed by atoms with Crippen LogP contribution >= 0.6 is 0 Å². The monoisotopic (exact) mass is 584 g/mol. The number of benzene rings is 1. The Morgan fingerprint density at radius 1 is 1.18 bits per heavy atom. The van der Waals surface area contributed by atoms with Crippen molar-refractivity contribution in [3.63, 3.8) is 0 Å². The molecule has 3 N–H and O–H groups in total. The highest BCUT2D eigenvalue weighted by atomic mass is 32.2. The quantitative estimate of drug-likeness (QED) is 0.410. The summed E-state index contributed by atoms with van der Waals surface area (Å²) in [5.41, 5.74) is -0.413. The molecule has 0 bridgehead atoms. The Morgan fingerprint density at radius 3 is 2.55 bits per heavy atom. The van der Waals surface area contributed by atoms with Crippen LogP contribution in [-0.4, -0.2) is 74.8 Å². The average molecular weight is 585 g/mol. The van der Waals surface area contributed by atoms with E-state index in [4.69, 9.17) is 4.74 Å². The van der Waals surface area contributed by atoms with Crippen molar-refractivity contribution >= 4 is 27.6 Å². The van der Waals surface area contributed by atoms with Gasteiger partial charge in [0.25, 0.3) is 5.91 Å². The Bertz CT molecular complexity index is 1320. The zero-order valence-corrected chi connectivity index (χ0v) is 23.5. The molecule has 2 fully saturated rings. The lowest BCUT2D eigenvalue weighted by Crippen LogP contribution is -2.43. The maximum Gasteiger partial charge on any atom is 0.419 e.